The zero-order chi connectivity index (χ0) is 27.3. The fourth-order valence-corrected chi connectivity index (χ4v) is 7.32. The number of rotatable bonds is 5. The van der Waals surface area contributed by atoms with Gasteiger partial charge >= 0.3 is 21.2 Å². The summed E-state index contributed by atoms with van der Waals surface area (Å²) in [5, 5.41) is 3.56. The van der Waals surface area contributed by atoms with Crippen LogP contribution in [0.2, 0.25) is 0 Å². The third-order valence-corrected chi connectivity index (χ3v) is 9.80. The summed E-state index contributed by atoms with van der Waals surface area (Å²) >= 11 is 1.27. The number of aromatic nitrogens is 1. The molecule has 1 aromatic heterocycles. The SMILES string of the molecule is Cc1ccc(S(=O)(=O)[O-])cc1.Cc1cccc([I+]c2ccc(C(=O)Nc3nc4ccc(C)cc4s3)cc2)c1. The molecular formula is C29H25IN2O4S2. The summed E-state index contributed by atoms with van der Waals surface area (Å²) in [7, 11) is -4.27. The van der Waals surface area contributed by atoms with Crippen LogP contribution in [-0.2, 0) is 10.1 Å². The predicted octanol–water partition coefficient (Wildman–Crippen LogP) is 3.19. The van der Waals surface area contributed by atoms with Gasteiger partial charge in [-0.25, -0.2) is 13.4 Å². The van der Waals surface area contributed by atoms with Crippen LogP contribution in [0.25, 0.3) is 10.2 Å². The molecule has 4 aromatic carbocycles. The Hall–Kier alpha value is -3.12. The lowest BCUT2D eigenvalue weighted by atomic mass is 10.2. The number of halogens is 1. The molecular weight excluding hydrogens is 631 g/mol. The molecule has 0 spiro atoms. The van der Waals surface area contributed by atoms with Crippen molar-refractivity contribution in [2.45, 2.75) is 25.7 Å². The van der Waals surface area contributed by atoms with Crippen LogP contribution >= 0.6 is 11.3 Å². The monoisotopic (exact) mass is 656 g/mol. The highest BCUT2D eigenvalue weighted by molar-refractivity contribution is 7.85. The minimum absolute atomic E-state index is 0.119. The van der Waals surface area contributed by atoms with Crippen LogP contribution in [-0.4, -0.2) is 23.9 Å². The number of fused-ring (bicyclic) bond motifs is 1. The van der Waals surface area contributed by atoms with E-state index in [0.29, 0.717) is 10.7 Å². The first kappa shape index (κ1) is 27.9. The molecule has 0 fully saturated rings. The highest BCUT2D eigenvalue weighted by Crippen LogP contribution is 2.27. The first-order valence-corrected chi connectivity index (χ1v) is 16.0. The second kappa shape index (κ2) is 12.2. The van der Waals surface area contributed by atoms with Crippen LogP contribution in [0.4, 0.5) is 5.13 Å². The first-order valence-electron chi connectivity index (χ1n) is 11.6. The number of nitrogens with zero attached hydrogens (tertiary/aromatic N) is 1. The van der Waals surface area contributed by atoms with Gasteiger partial charge in [0.15, 0.2) is 12.3 Å². The molecule has 38 heavy (non-hydrogen) atoms. The quantitative estimate of drug-likeness (QED) is 0.232. The normalized spacial score (nSPS) is 11.1. The van der Waals surface area contributed by atoms with Gasteiger partial charge in [0.05, 0.1) is 15.1 Å². The van der Waals surface area contributed by atoms with Crippen molar-refractivity contribution in [3.63, 3.8) is 0 Å². The van der Waals surface area contributed by atoms with Crippen molar-refractivity contribution in [1.82, 2.24) is 4.98 Å². The summed E-state index contributed by atoms with van der Waals surface area (Å²) in [6.45, 7) is 5.99. The van der Waals surface area contributed by atoms with Gasteiger partial charge in [-0.3, -0.25) is 10.1 Å². The number of thiazole rings is 1. The van der Waals surface area contributed by atoms with E-state index in [9.17, 15) is 17.8 Å². The topological polar surface area (TPSA) is 99.2 Å². The number of carbonyl (C=O) groups is 1. The summed E-state index contributed by atoms with van der Waals surface area (Å²) < 4.78 is 34.9. The lowest BCUT2D eigenvalue weighted by Gasteiger charge is -2.05. The molecule has 0 saturated carbocycles. The van der Waals surface area contributed by atoms with Gasteiger partial charge < -0.3 is 4.55 Å². The largest absolute Gasteiger partial charge is 0.744 e. The fourth-order valence-electron chi connectivity index (χ4n) is 3.41. The number of nitrogens with one attached hydrogen (secondary N) is 1. The van der Waals surface area contributed by atoms with Crippen LogP contribution in [0.15, 0.2) is 95.9 Å². The zero-order valence-electron chi connectivity index (χ0n) is 20.9. The van der Waals surface area contributed by atoms with Crippen molar-refractivity contribution < 1.29 is 39.0 Å². The Bertz CT molecular complexity index is 1680. The summed E-state index contributed by atoms with van der Waals surface area (Å²) in [6.07, 6.45) is 0. The minimum Gasteiger partial charge on any atom is -0.744 e. The minimum atomic E-state index is -4.27. The van der Waals surface area contributed by atoms with Gasteiger partial charge in [-0.05, 0) is 92.6 Å². The van der Waals surface area contributed by atoms with Crippen molar-refractivity contribution >= 4 is 42.7 Å². The third-order valence-electron chi connectivity index (χ3n) is 5.38. The van der Waals surface area contributed by atoms with Crippen LogP contribution in [0.3, 0.4) is 0 Å². The zero-order valence-corrected chi connectivity index (χ0v) is 24.7. The molecule has 0 unspecified atom stereocenters. The summed E-state index contributed by atoms with van der Waals surface area (Å²) in [5.74, 6) is -0.119. The molecule has 5 aromatic rings. The van der Waals surface area contributed by atoms with Gasteiger partial charge in [0.2, 0.25) is 0 Å². The molecule has 0 aliphatic carbocycles. The Morgan fingerprint density at radius 2 is 1.47 bits per heavy atom. The van der Waals surface area contributed by atoms with Crippen molar-refractivity contribution in [2.75, 3.05) is 5.32 Å². The standard InChI is InChI=1S/C22H17IN2OS.C7H8O3S/c1-14-4-3-5-18(12-14)23-17-9-7-16(8-10-17)21(26)25-22-24-19-11-6-15(2)13-20(19)27-22;1-6-2-4-7(5-3-6)11(8,9)10/h3-13H,1-2H3;2-5H,1H3,(H,8,9,10). The fraction of sp³-hybridized carbons (Fsp3) is 0.103. The van der Waals surface area contributed by atoms with Crippen LogP contribution in [0, 0.1) is 27.9 Å². The molecule has 9 heteroatoms. The predicted molar refractivity (Wildman–Crippen MR) is 146 cm³/mol. The Balaban J connectivity index is 0.000000257. The molecule has 194 valence electrons. The van der Waals surface area contributed by atoms with Crippen molar-refractivity contribution in [3.8, 4) is 0 Å². The number of hydrogen-bond donors (Lipinski definition) is 1. The lowest BCUT2D eigenvalue weighted by molar-refractivity contribution is -0.597. The molecule has 1 N–H and O–H groups in total. The Kier molecular flexibility index (Phi) is 8.93. The number of benzene rings is 4. The van der Waals surface area contributed by atoms with Gasteiger partial charge in [-0.2, -0.15) is 0 Å². The van der Waals surface area contributed by atoms with Crippen molar-refractivity contribution in [2.24, 2.45) is 0 Å². The second-order valence-electron chi connectivity index (χ2n) is 8.61. The molecule has 0 aliphatic rings. The number of amides is 1. The van der Waals surface area contributed by atoms with E-state index in [0.717, 1.165) is 15.8 Å². The molecule has 0 atom stereocenters. The lowest BCUT2D eigenvalue weighted by Crippen LogP contribution is -3.61. The maximum Gasteiger partial charge on any atom is 0.357 e. The van der Waals surface area contributed by atoms with E-state index in [4.69, 9.17) is 0 Å². The van der Waals surface area contributed by atoms with Gasteiger partial charge in [0.25, 0.3) is 5.91 Å². The Morgan fingerprint density at radius 1 is 0.816 bits per heavy atom. The summed E-state index contributed by atoms with van der Waals surface area (Å²) in [5.41, 5.74) is 4.98. The van der Waals surface area contributed by atoms with E-state index in [1.807, 2.05) is 31.2 Å². The number of anilines is 1. The van der Waals surface area contributed by atoms with E-state index < -0.39 is 10.1 Å². The molecule has 0 saturated heterocycles. The summed E-state index contributed by atoms with van der Waals surface area (Å²) in [6, 6.07) is 28.4. The summed E-state index contributed by atoms with van der Waals surface area (Å²) in [4.78, 5) is 16.9. The molecule has 1 heterocycles. The average molecular weight is 657 g/mol. The molecule has 0 bridgehead atoms. The maximum atomic E-state index is 12.5. The van der Waals surface area contributed by atoms with Gasteiger partial charge in [0.1, 0.15) is 10.1 Å². The smallest absolute Gasteiger partial charge is 0.357 e. The maximum absolute atomic E-state index is 12.5. The molecule has 6 nitrogen and oxygen atoms in total. The molecule has 0 radical (unpaired) electrons. The Labute approximate surface area is 236 Å². The van der Waals surface area contributed by atoms with Crippen molar-refractivity contribution in [1.29, 1.82) is 0 Å². The average Bonchev–Trinajstić information content (AvgIpc) is 3.26. The van der Waals surface area contributed by atoms with E-state index in [1.54, 1.807) is 12.1 Å². The number of carbonyl (C=O) groups excluding carboxylic acids is 1. The van der Waals surface area contributed by atoms with Gasteiger partial charge in [-0.1, -0.05) is 47.2 Å². The second-order valence-corrected chi connectivity index (χ2v) is 14.1. The van der Waals surface area contributed by atoms with Crippen LogP contribution in [0.5, 0.6) is 0 Å². The van der Waals surface area contributed by atoms with Crippen LogP contribution < -0.4 is 26.5 Å². The van der Waals surface area contributed by atoms with Crippen LogP contribution in [0.1, 0.15) is 27.0 Å². The number of aryl methyl sites for hydroxylation is 3. The molecule has 0 aliphatic heterocycles. The van der Waals surface area contributed by atoms with E-state index in [1.165, 1.54) is 41.7 Å². The van der Waals surface area contributed by atoms with E-state index in [-0.39, 0.29) is 32.0 Å². The highest BCUT2D eigenvalue weighted by atomic mass is 127. The molecule has 5 rings (SSSR count). The van der Waals surface area contributed by atoms with Crippen molar-refractivity contribution in [3.05, 3.63) is 120 Å². The highest BCUT2D eigenvalue weighted by Gasteiger charge is 2.17. The number of hydrogen-bond acceptors (Lipinski definition) is 6. The third kappa shape index (κ3) is 7.70. The van der Waals surface area contributed by atoms with E-state index >= 15 is 0 Å². The molecule has 1 amide bonds. The van der Waals surface area contributed by atoms with E-state index in [2.05, 4.69) is 66.6 Å². The Morgan fingerprint density at radius 3 is 2.13 bits per heavy atom. The van der Waals surface area contributed by atoms with Gasteiger partial charge in [0, 0.05) is 5.56 Å². The first-order chi connectivity index (χ1) is 18.1. The van der Waals surface area contributed by atoms with Gasteiger partial charge in [-0.15, -0.1) is 0 Å².